The molecule has 0 aliphatic rings. The van der Waals surface area contributed by atoms with Crippen molar-refractivity contribution in [1.82, 2.24) is 5.32 Å². The van der Waals surface area contributed by atoms with Gasteiger partial charge in [0.2, 0.25) is 11.0 Å². The van der Waals surface area contributed by atoms with Crippen molar-refractivity contribution in [2.75, 3.05) is 12.4 Å². The summed E-state index contributed by atoms with van der Waals surface area (Å²) in [5.74, 6) is -1.76. The third-order valence-electron chi connectivity index (χ3n) is 4.98. The fraction of sp³-hybridized carbons (Fsp3) is 0.864. The van der Waals surface area contributed by atoms with Crippen molar-refractivity contribution in [2.24, 2.45) is 0 Å². The summed E-state index contributed by atoms with van der Waals surface area (Å²) in [6, 6.07) is -1.20. The first kappa shape index (κ1) is 28.9. The second kappa shape index (κ2) is 19.8. The maximum Gasteiger partial charge on any atom is 0.327 e. The highest BCUT2D eigenvalue weighted by molar-refractivity contribution is 8.13. The van der Waals surface area contributed by atoms with Crippen LogP contribution in [0.1, 0.15) is 96.8 Å². The number of nitrogens with one attached hydrogen (secondary N) is 1. The van der Waals surface area contributed by atoms with Gasteiger partial charge in [-0.1, -0.05) is 95.7 Å². The maximum atomic E-state index is 11.9. The molecule has 4 N–H and O–H groups in total. The monoisotopic (exact) mass is 447 g/mol. The lowest BCUT2D eigenvalue weighted by atomic mass is 10.0. The van der Waals surface area contributed by atoms with Gasteiger partial charge in [0.05, 0.1) is 6.61 Å². The predicted octanol–water partition coefficient (Wildman–Crippen LogP) is 3.65. The zero-order chi connectivity index (χ0) is 22.6. The standard InChI is InChI=1S/C22H41NO6S/c1-2-3-4-5-6-7-8-9-10-11-12-13-14-15-20(26)23-18(21(27)28)17-30-22(29)19(25)16-24/h18-19,24-25H,2-17H2,1H3,(H,23,26)(H,27,28)/t18-,19?/m0/s1. The summed E-state index contributed by atoms with van der Waals surface area (Å²) in [5.41, 5.74) is 0. The molecule has 0 rings (SSSR count). The minimum atomic E-state index is -1.54. The quantitative estimate of drug-likeness (QED) is 0.210. The van der Waals surface area contributed by atoms with Crippen molar-refractivity contribution >= 4 is 28.8 Å². The lowest BCUT2D eigenvalue weighted by Gasteiger charge is -2.14. The Morgan fingerprint density at radius 2 is 1.30 bits per heavy atom. The number of aliphatic hydroxyl groups excluding tert-OH is 2. The smallest absolute Gasteiger partial charge is 0.327 e. The number of carbonyl (C=O) groups is 3. The van der Waals surface area contributed by atoms with Crippen molar-refractivity contribution in [2.45, 2.75) is 109 Å². The predicted molar refractivity (Wildman–Crippen MR) is 120 cm³/mol. The molecule has 0 saturated carbocycles. The van der Waals surface area contributed by atoms with Gasteiger partial charge in [-0.05, 0) is 6.42 Å². The van der Waals surface area contributed by atoms with Gasteiger partial charge in [-0.3, -0.25) is 9.59 Å². The molecule has 2 atom stereocenters. The van der Waals surface area contributed by atoms with Crippen molar-refractivity contribution in [3.05, 3.63) is 0 Å². The Morgan fingerprint density at radius 3 is 1.73 bits per heavy atom. The van der Waals surface area contributed by atoms with Crippen LogP contribution in [0.25, 0.3) is 0 Å². The van der Waals surface area contributed by atoms with E-state index < -0.39 is 29.8 Å². The highest BCUT2D eigenvalue weighted by atomic mass is 32.2. The van der Waals surface area contributed by atoms with E-state index in [0.29, 0.717) is 18.2 Å². The summed E-state index contributed by atoms with van der Waals surface area (Å²) in [7, 11) is 0. The van der Waals surface area contributed by atoms with Gasteiger partial charge in [0.25, 0.3) is 0 Å². The van der Waals surface area contributed by atoms with Crippen LogP contribution < -0.4 is 5.32 Å². The number of aliphatic carboxylic acids is 1. The number of unbranched alkanes of at least 4 members (excludes halogenated alkanes) is 12. The van der Waals surface area contributed by atoms with Gasteiger partial charge < -0.3 is 20.6 Å². The largest absolute Gasteiger partial charge is 0.480 e. The second-order valence-corrected chi connectivity index (χ2v) is 8.80. The topological polar surface area (TPSA) is 124 Å². The van der Waals surface area contributed by atoms with Crippen LogP contribution in [0.15, 0.2) is 0 Å². The number of hydrogen-bond acceptors (Lipinski definition) is 6. The molecule has 0 spiro atoms. The fourth-order valence-electron chi connectivity index (χ4n) is 3.08. The molecule has 0 bridgehead atoms. The number of carboxylic acids is 1. The van der Waals surface area contributed by atoms with Crippen LogP contribution in [-0.2, 0) is 14.4 Å². The van der Waals surface area contributed by atoms with Crippen molar-refractivity contribution in [3.63, 3.8) is 0 Å². The van der Waals surface area contributed by atoms with Gasteiger partial charge in [-0.25, -0.2) is 4.79 Å². The van der Waals surface area contributed by atoms with E-state index in [1.807, 2.05) is 0 Å². The zero-order valence-corrected chi connectivity index (χ0v) is 19.3. The zero-order valence-electron chi connectivity index (χ0n) is 18.4. The van der Waals surface area contributed by atoms with Crippen LogP contribution >= 0.6 is 11.8 Å². The molecule has 0 aromatic rings. The summed E-state index contributed by atoms with van der Waals surface area (Å²) < 4.78 is 0. The first-order chi connectivity index (χ1) is 14.4. The van der Waals surface area contributed by atoms with Crippen molar-refractivity contribution < 1.29 is 29.7 Å². The molecule has 176 valence electrons. The van der Waals surface area contributed by atoms with E-state index in [1.165, 1.54) is 64.2 Å². The number of carboxylic acid groups (broad SMARTS) is 1. The average Bonchev–Trinajstić information content (AvgIpc) is 2.73. The van der Waals surface area contributed by atoms with Crippen molar-refractivity contribution in [3.8, 4) is 0 Å². The van der Waals surface area contributed by atoms with Crippen molar-refractivity contribution in [1.29, 1.82) is 0 Å². The van der Waals surface area contributed by atoms with Crippen LogP contribution in [0.4, 0.5) is 0 Å². The molecule has 0 aliphatic heterocycles. The first-order valence-corrected chi connectivity index (χ1v) is 12.4. The van der Waals surface area contributed by atoms with E-state index in [1.54, 1.807) is 0 Å². The minimum absolute atomic E-state index is 0.185. The molecule has 8 heteroatoms. The van der Waals surface area contributed by atoms with E-state index >= 15 is 0 Å². The Hall–Kier alpha value is -1.12. The molecule has 0 aromatic carbocycles. The molecule has 0 radical (unpaired) electrons. The Labute approximate surface area is 185 Å². The van der Waals surface area contributed by atoms with E-state index in [-0.39, 0.29) is 18.1 Å². The Bertz CT molecular complexity index is 475. The molecule has 0 heterocycles. The maximum absolute atomic E-state index is 11.9. The fourth-order valence-corrected chi connectivity index (χ4v) is 3.90. The molecule has 7 nitrogen and oxygen atoms in total. The third kappa shape index (κ3) is 16.7. The summed E-state index contributed by atoms with van der Waals surface area (Å²) in [4.78, 5) is 34.6. The SMILES string of the molecule is CCCCCCCCCCCCCCCC(=O)N[C@@H](CSC(=O)C(O)CO)C(=O)O. The lowest BCUT2D eigenvalue weighted by molar-refractivity contribution is -0.141. The lowest BCUT2D eigenvalue weighted by Crippen LogP contribution is -2.43. The van der Waals surface area contributed by atoms with Crippen LogP contribution in [0, 0.1) is 0 Å². The van der Waals surface area contributed by atoms with E-state index in [0.717, 1.165) is 12.8 Å². The summed E-state index contributed by atoms with van der Waals surface area (Å²) in [5, 5.41) is 28.8. The molecular formula is C22H41NO6S. The Kier molecular flexibility index (Phi) is 19.1. The molecular weight excluding hydrogens is 406 g/mol. The van der Waals surface area contributed by atoms with Gasteiger partial charge in [-0.2, -0.15) is 0 Å². The third-order valence-corrected chi connectivity index (χ3v) is 6.03. The highest BCUT2D eigenvalue weighted by Crippen LogP contribution is 2.13. The van der Waals surface area contributed by atoms with E-state index in [9.17, 15) is 19.5 Å². The molecule has 30 heavy (non-hydrogen) atoms. The highest BCUT2D eigenvalue weighted by Gasteiger charge is 2.23. The molecule has 0 fully saturated rings. The number of carbonyl (C=O) groups excluding carboxylic acids is 2. The van der Waals surface area contributed by atoms with Crippen LogP contribution in [0.3, 0.4) is 0 Å². The van der Waals surface area contributed by atoms with Gasteiger partial charge >= 0.3 is 5.97 Å². The number of aliphatic hydroxyl groups is 2. The summed E-state index contributed by atoms with van der Waals surface area (Å²) in [6.07, 6.45) is 14.5. The van der Waals surface area contributed by atoms with E-state index in [2.05, 4.69) is 12.2 Å². The minimum Gasteiger partial charge on any atom is -0.480 e. The first-order valence-electron chi connectivity index (χ1n) is 11.4. The van der Waals surface area contributed by atoms with Gasteiger partial charge in [-0.15, -0.1) is 0 Å². The van der Waals surface area contributed by atoms with E-state index in [4.69, 9.17) is 10.2 Å². The Balaban J connectivity index is 3.70. The van der Waals surface area contributed by atoms with Crippen LogP contribution in [0.5, 0.6) is 0 Å². The number of hydrogen-bond donors (Lipinski definition) is 4. The molecule has 0 aliphatic carbocycles. The number of rotatable bonds is 20. The molecule has 1 unspecified atom stereocenters. The van der Waals surface area contributed by atoms with Crippen LogP contribution in [-0.4, -0.2) is 56.8 Å². The summed E-state index contributed by atoms with van der Waals surface area (Å²) >= 11 is 0.591. The van der Waals surface area contributed by atoms with Crippen LogP contribution in [0.2, 0.25) is 0 Å². The average molecular weight is 448 g/mol. The van der Waals surface area contributed by atoms with Gasteiger partial charge in [0, 0.05) is 12.2 Å². The number of amides is 1. The number of thioether (sulfide) groups is 1. The molecule has 0 saturated heterocycles. The second-order valence-electron chi connectivity index (χ2n) is 7.78. The molecule has 1 amide bonds. The van der Waals surface area contributed by atoms with Gasteiger partial charge in [0.15, 0.2) is 0 Å². The normalized spacial score (nSPS) is 13.0. The molecule has 0 aromatic heterocycles. The summed E-state index contributed by atoms with van der Waals surface area (Å²) in [6.45, 7) is 1.52. The Morgan fingerprint density at radius 1 is 0.833 bits per heavy atom. The van der Waals surface area contributed by atoms with Gasteiger partial charge in [0.1, 0.15) is 12.1 Å².